The minimum absolute atomic E-state index is 0. The number of rotatable bonds is 3. The highest BCUT2D eigenvalue weighted by Crippen LogP contribution is 2.40. The Morgan fingerprint density at radius 1 is 1.17 bits per heavy atom. The SMILES string of the molecule is CC(N)C(O)(c1ccccc1)C1CCCCC1.Cl. The first-order valence-electron chi connectivity index (χ1n) is 6.69. The normalized spacial score (nSPS) is 21.7. The molecule has 0 saturated heterocycles. The van der Waals surface area contributed by atoms with E-state index in [1.165, 1.54) is 19.3 Å². The Morgan fingerprint density at radius 2 is 1.72 bits per heavy atom. The molecule has 2 atom stereocenters. The van der Waals surface area contributed by atoms with E-state index in [1.54, 1.807) is 0 Å². The average Bonchev–Trinajstić information content (AvgIpc) is 2.39. The summed E-state index contributed by atoms with van der Waals surface area (Å²) in [5.41, 5.74) is 6.20. The molecule has 1 saturated carbocycles. The highest BCUT2D eigenvalue weighted by molar-refractivity contribution is 5.85. The average molecular weight is 270 g/mol. The number of aliphatic hydroxyl groups is 1. The molecule has 1 fully saturated rings. The molecule has 0 heterocycles. The van der Waals surface area contributed by atoms with E-state index < -0.39 is 5.60 Å². The van der Waals surface area contributed by atoms with Crippen LogP contribution in [0.2, 0.25) is 0 Å². The molecule has 1 aromatic rings. The van der Waals surface area contributed by atoms with Gasteiger partial charge in [-0.05, 0) is 31.2 Å². The van der Waals surface area contributed by atoms with Crippen LogP contribution in [0, 0.1) is 5.92 Å². The minimum Gasteiger partial charge on any atom is -0.383 e. The molecular formula is C15H24ClNO. The smallest absolute Gasteiger partial charge is 0.107 e. The van der Waals surface area contributed by atoms with Gasteiger partial charge in [0.25, 0.3) is 0 Å². The van der Waals surface area contributed by atoms with E-state index in [-0.39, 0.29) is 18.4 Å². The molecule has 2 rings (SSSR count). The maximum absolute atomic E-state index is 11.1. The van der Waals surface area contributed by atoms with Crippen molar-refractivity contribution >= 4 is 12.4 Å². The van der Waals surface area contributed by atoms with Crippen LogP contribution in [-0.4, -0.2) is 11.1 Å². The van der Waals surface area contributed by atoms with E-state index in [0.29, 0.717) is 5.92 Å². The maximum Gasteiger partial charge on any atom is 0.107 e. The van der Waals surface area contributed by atoms with Gasteiger partial charge in [-0.2, -0.15) is 0 Å². The summed E-state index contributed by atoms with van der Waals surface area (Å²) in [5, 5.41) is 11.1. The standard InChI is InChI=1S/C15H23NO.ClH/c1-12(16)15(17,13-8-4-2-5-9-13)14-10-6-3-7-11-14;/h2,4-5,8-9,12,14,17H,3,6-7,10-11,16H2,1H3;1H. The third-order valence-electron chi connectivity index (χ3n) is 4.16. The van der Waals surface area contributed by atoms with Crippen LogP contribution in [0.5, 0.6) is 0 Å². The van der Waals surface area contributed by atoms with Crippen LogP contribution >= 0.6 is 12.4 Å². The fourth-order valence-corrected chi connectivity index (χ4v) is 3.12. The molecule has 1 aliphatic rings. The molecule has 3 heteroatoms. The van der Waals surface area contributed by atoms with Gasteiger partial charge in [-0.3, -0.25) is 0 Å². The van der Waals surface area contributed by atoms with Crippen molar-refractivity contribution in [2.45, 2.75) is 50.7 Å². The van der Waals surface area contributed by atoms with Crippen LogP contribution in [0.25, 0.3) is 0 Å². The molecule has 0 aromatic heterocycles. The first kappa shape index (κ1) is 15.5. The lowest BCUT2D eigenvalue weighted by Gasteiger charge is -2.41. The van der Waals surface area contributed by atoms with Crippen molar-refractivity contribution < 1.29 is 5.11 Å². The molecule has 0 amide bonds. The van der Waals surface area contributed by atoms with Crippen molar-refractivity contribution in [2.24, 2.45) is 11.7 Å². The second-order valence-electron chi connectivity index (χ2n) is 5.31. The second-order valence-corrected chi connectivity index (χ2v) is 5.31. The monoisotopic (exact) mass is 269 g/mol. The van der Waals surface area contributed by atoms with Gasteiger partial charge in [0.2, 0.25) is 0 Å². The van der Waals surface area contributed by atoms with E-state index in [9.17, 15) is 5.11 Å². The summed E-state index contributed by atoms with van der Waals surface area (Å²) >= 11 is 0. The largest absolute Gasteiger partial charge is 0.383 e. The van der Waals surface area contributed by atoms with Gasteiger partial charge in [-0.15, -0.1) is 12.4 Å². The first-order valence-corrected chi connectivity index (χ1v) is 6.69. The molecule has 0 bridgehead atoms. The fourth-order valence-electron chi connectivity index (χ4n) is 3.12. The van der Waals surface area contributed by atoms with Crippen LogP contribution < -0.4 is 5.73 Å². The van der Waals surface area contributed by atoms with Gasteiger partial charge in [0.15, 0.2) is 0 Å². The summed E-state index contributed by atoms with van der Waals surface area (Å²) in [7, 11) is 0. The molecule has 102 valence electrons. The van der Waals surface area contributed by atoms with Gasteiger partial charge in [0.1, 0.15) is 5.60 Å². The summed E-state index contributed by atoms with van der Waals surface area (Å²) in [6.45, 7) is 1.92. The van der Waals surface area contributed by atoms with Gasteiger partial charge in [0, 0.05) is 6.04 Å². The number of nitrogens with two attached hydrogens (primary N) is 1. The summed E-state index contributed by atoms with van der Waals surface area (Å²) in [4.78, 5) is 0. The third-order valence-corrected chi connectivity index (χ3v) is 4.16. The lowest BCUT2D eigenvalue weighted by molar-refractivity contribution is -0.0560. The fraction of sp³-hybridized carbons (Fsp3) is 0.600. The number of hydrogen-bond donors (Lipinski definition) is 2. The van der Waals surface area contributed by atoms with E-state index in [1.807, 2.05) is 37.3 Å². The van der Waals surface area contributed by atoms with E-state index in [0.717, 1.165) is 18.4 Å². The molecule has 3 N–H and O–H groups in total. The van der Waals surface area contributed by atoms with Crippen molar-refractivity contribution in [1.29, 1.82) is 0 Å². The second kappa shape index (κ2) is 6.55. The summed E-state index contributed by atoms with van der Waals surface area (Å²) in [6, 6.07) is 9.70. The molecule has 18 heavy (non-hydrogen) atoms. The molecule has 1 aliphatic carbocycles. The molecule has 1 aromatic carbocycles. The molecule has 2 nitrogen and oxygen atoms in total. The molecule has 2 unspecified atom stereocenters. The lowest BCUT2D eigenvalue weighted by atomic mass is 9.70. The van der Waals surface area contributed by atoms with Crippen molar-refractivity contribution in [3.8, 4) is 0 Å². The Labute approximate surface area is 116 Å². The third kappa shape index (κ3) is 2.87. The highest BCUT2D eigenvalue weighted by atomic mass is 35.5. The summed E-state index contributed by atoms with van der Waals surface area (Å²) in [6.07, 6.45) is 5.90. The van der Waals surface area contributed by atoms with Crippen LogP contribution in [0.3, 0.4) is 0 Å². The van der Waals surface area contributed by atoms with E-state index in [4.69, 9.17) is 5.73 Å². The molecule has 0 spiro atoms. The van der Waals surface area contributed by atoms with Crippen LogP contribution in [0.15, 0.2) is 30.3 Å². The van der Waals surface area contributed by atoms with Crippen molar-refractivity contribution in [3.05, 3.63) is 35.9 Å². The zero-order valence-corrected chi connectivity index (χ0v) is 11.8. The topological polar surface area (TPSA) is 46.2 Å². The maximum atomic E-state index is 11.1. The van der Waals surface area contributed by atoms with Gasteiger partial charge < -0.3 is 10.8 Å². The predicted octanol–water partition coefficient (Wildman–Crippen LogP) is 3.22. The quantitative estimate of drug-likeness (QED) is 0.885. The Bertz CT molecular complexity index is 349. The number of halogens is 1. The predicted molar refractivity (Wildman–Crippen MR) is 77.8 cm³/mol. The number of benzene rings is 1. The number of hydrogen-bond acceptors (Lipinski definition) is 2. The molecule has 0 radical (unpaired) electrons. The first-order chi connectivity index (χ1) is 8.15. The van der Waals surface area contributed by atoms with E-state index in [2.05, 4.69) is 0 Å². The molecule has 0 aliphatic heterocycles. The minimum atomic E-state index is -0.859. The Hall–Kier alpha value is -0.570. The summed E-state index contributed by atoms with van der Waals surface area (Å²) < 4.78 is 0. The summed E-state index contributed by atoms with van der Waals surface area (Å²) in [5.74, 6) is 0.304. The lowest BCUT2D eigenvalue weighted by Crippen LogP contribution is -2.49. The van der Waals surface area contributed by atoms with Gasteiger partial charge >= 0.3 is 0 Å². The zero-order chi connectivity index (χ0) is 12.3. The highest BCUT2D eigenvalue weighted by Gasteiger charge is 2.41. The zero-order valence-electron chi connectivity index (χ0n) is 11.0. The Balaban J connectivity index is 0.00000162. The molecular weight excluding hydrogens is 246 g/mol. The van der Waals surface area contributed by atoms with Crippen molar-refractivity contribution in [1.82, 2.24) is 0 Å². The van der Waals surface area contributed by atoms with Gasteiger partial charge in [-0.25, -0.2) is 0 Å². The Kier molecular flexibility index (Phi) is 5.64. The van der Waals surface area contributed by atoms with E-state index >= 15 is 0 Å². The van der Waals surface area contributed by atoms with Crippen molar-refractivity contribution in [3.63, 3.8) is 0 Å². The van der Waals surface area contributed by atoms with Crippen molar-refractivity contribution in [2.75, 3.05) is 0 Å². The van der Waals surface area contributed by atoms with Crippen LogP contribution in [0.4, 0.5) is 0 Å². The van der Waals surface area contributed by atoms with Gasteiger partial charge in [0.05, 0.1) is 0 Å². The van der Waals surface area contributed by atoms with Crippen LogP contribution in [0.1, 0.15) is 44.6 Å². The van der Waals surface area contributed by atoms with Crippen LogP contribution in [-0.2, 0) is 5.60 Å². The Morgan fingerprint density at radius 3 is 2.22 bits per heavy atom. The van der Waals surface area contributed by atoms with Gasteiger partial charge in [-0.1, -0.05) is 49.6 Å².